The van der Waals surface area contributed by atoms with Crippen LogP contribution in [0.4, 0.5) is 0 Å². The zero-order chi connectivity index (χ0) is 16.2. The molecular formula is C15H24N2O3S2. The predicted molar refractivity (Wildman–Crippen MR) is 88.9 cm³/mol. The maximum absolute atomic E-state index is 12.6. The summed E-state index contributed by atoms with van der Waals surface area (Å²) in [6.45, 7) is 4.11. The lowest BCUT2D eigenvalue weighted by Gasteiger charge is -2.16. The summed E-state index contributed by atoms with van der Waals surface area (Å²) >= 11 is 1.22. The summed E-state index contributed by atoms with van der Waals surface area (Å²) in [6, 6.07) is 1.50. The smallest absolute Gasteiger partial charge is 0.261 e. The molecule has 1 heterocycles. The van der Waals surface area contributed by atoms with Crippen LogP contribution in [-0.4, -0.2) is 26.9 Å². The van der Waals surface area contributed by atoms with Crippen LogP contribution in [0, 0.1) is 6.92 Å². The van der Waals surface area contributed by atoms with Gasteiger partial charge in [-0.2, -0.15) is 0 Å². The van der Waals surface area contributed by atoms with Gasteiger partial charge in [0.15, 0.2) is 0 Å². The quantitative estimate of drug-likeness (QED) is 0.807. The van der Waals surface area contributed by atoms with E-state index >= 15 is 0 Å². The van der Waals surface area contributed by atoms with E-state index < -0.39 is 10.0 Å². The molecule has 0 unspecified atom stereocenters. The van der Waals surface area contributed by atoms with Gasteiger partial charge in [0.2, 0.25) is 10.0 Å². The second-order valence-electron chi connectivity index (χ2n) is 5.70. The number of hydrogen-bond donors (Lipinski definition) is 2. The number of thiophene rings is 1. The lowest BCUT2D eigenvalue weighted by molar-refractivity contribution is 0.0959. The first-order chi connectivity index (χ1) is 10.4. The lowest BCUT2D eigenvalue weighted by Crippen LogP contribution is -2.34. The first-order valence-electron chi connectivity index (χ1n) is 7.85. The molecule has 7 heteroatoms. The minimum Gasteiger partial charge on any atom is -0.352 e. The van der Waals surface area contributed by atoms with Crippen LogP contribution < -0.4 is 10.0 Å². The molecule has 2 N–H and O–H groups in total. The number of hydrogen-bond acceptors (Lipinski definition) is 4. The van der Waals surface area contributed by atoms with Crippen molar-refractivity contribution in [1.82, 2.24) is 10.0 Å². The molecule has 0 radical (unpaired) electrons. The van der Waals surface area contributed by atoms with Crippen LogP contribution in [0.15, 0.2) is 11.0 Å². The average Bonchev–Trinajstić information content (AvgIpc) is 2.68. The Morgan fingerprint density at radius 3 is 2.50 bits per heavy atom. The second kappa shape index (κ2) is 7.57. The Morgan fingerprint density at radius 1 is 1.27 bits per heavy atom. The van der Waals surface area contributed by atoms with E-state index in [4.69, 9.17) is 0 Å². The number of rotatable bonds is 5. The molecule has 1 aromatic heterocycles. The number of aryl methyl sites for hydroxylation is 1. The van der Waals surface area contributed by atoms with Crippen molar-refractivity contribution in [3.8, 4) is 0 Å². The molecule has 1 saturated carbocycles. The van der Waals surface area contributed by atoms with Gasteiger partial charge in [0, 0.05) is 17.5 Å². The van der Waals surface area contributed by atoms with E-state index in [1.165, 1.54) is 30.2 Å². The van der Waals surface area contributed by atoms with E-state index in [0.717, 1.165) is 25.7 Å². The predicted octanol–water partition coefficient (Wildman–Crippen LogP) is 2.81. The van der Waals surface area contributed by atoms with Crippen LogP contribution in [0.3, 0.4) is 0 Å². The molecule has 1 amide bonds. The summed E-state index contributed by atoms with van der Waals surface area (Å²) in [5, 5.41) is 2.70. The van der Waals surface area contributed by atoms with Crippen molar-refractivity contribution >= 4 is 27.3 Å². The van der Waals surface area contributed by atoms with E-state index in [-0.39, 0.29) is 16.8 Å². The molecule has 124 valence electrons. The number of sulfonamides is 1. The molecule has 1 aliphatic rings. The standard InChI is InChI=1S/C15H24N2O3S2/c1-3-16-15(18)13-10-14(11(2)21-13)22(19,20)17-12-8-6-4-5-7-9-12/h10,12,17H,3-9H2,1-2H3,(H,16,18). The molecule has 0 spiro atoms. The fourth-order valence-corrected chi connectivity index (χ4v) is 5.58. The van der Waals surface area contributed by atoms with E-state index in [0.29, 0.717) is 16.3 Å². The van der Waals surface area contributed by atoms with Gasteiger partial charge in [0.25, 0.3) is 5.91 Å². The van der Waals surface area contributed by atoms with Crippen LogP contribution in [0.5, 0.6) is 0 Å². The largest absolute Gasteiger partial charge is 0.352 e. The first-order valence-corrected chi connectivity index (χ1v) is 10.1. The summed E-state index contributed by atoms with van der Waals surface area (Å²) in [6.07, 6.45) is 6.28. The molecular weight excluding hydrogens is 320 g/mol. The second-order valence-corrected chi connectivity index (χ2v) is 8.64. The molecule has 1 aliphatic carbocycles. The van der Waals surface area contributed by atoms with Crippen molar-refractivity contribution < 1.29 is 13.2 Å². The van der Waals surface area contributed by atoms with Gasteiger partial charge in [-0.15, -0.1) is 11.3 Å². The lowest BCUT2D eigenvalue weighted by atomic mass is 10.1. The van der Waals surface area contributed by atoms with Gasteiger partial charge in [0.05, 0.1) is 9.77 Å². The summed E-state index contributed by atoms with van der Waals surface area (Å²) < 4.78 is 28.0. The highest BCUT2D eigenvalue weighted by atomic mass is 32.2. The molecule has 1 aromatic rings. The summed E-state index contributed by atoms with van der Waals surface area (Å²) in [5.74, 6) is -0.216. The van der Waals surface area contributed by atoms with E-state index in [9.17, 15) is 13.2 Å². The fraction of sp³-hybridized carbons (Fsp3) is 0.667. The molecule has 1 fully saturated rings. The van der Waals surface area contributed by atoms with Crippen LogP contribution in [-0.2, 0) is 10.0 Å². The average molecular weight is 345 g/mol. The molecule has 0 aromatic carbocycles. The van der Waals surface area contributed by atoms with Gasteiger partial charge in [-0.1, -0.05) is 25.7 Å². The van der Waals surface area contributed by atoms with Crippen molar-refractivity contribution in [2.24, 2.45) is 0 Å². The number of carbonyl (C=O) groups excluding carboxylic acids is 1. The molecule has 0 bridgehead atoms. The highest BCUT2D eigenvalue weighted by molar-refractivity contribution is 7.89. The van der Waals surface area contributed by atoms with Gasteiger partial charge in [0.1, 0.15) is 0 Å². The van der Waals surface area contributed by atoms with Crippen LogP contribution in [0.1, 0.15) is 60.0 Å². The summed E-state index contributed by atoms with van der Waals surface area (Å²) in [4.78, 5) is 13.2. The minimum absolute atomic E-state index is 0.0136. The summed E-state index contributed by atoms with van der Waals surface area (Å²) in [7, 11) is -3.55. The zero-order valence-electron chi connectivity index (χ0n) is 13.1. The van der Waals surface area contributed by atoms with Crippen molar-refractivity contribution in [3.05, 3.63) is 15.8 Å². The molecule has 22 heavy (non-hydrogen) atoms. The Balaban J connectivity index is 2.16. The maximum Gasteiger partial charge on any atom is 0.261 e. The van der Waals surface area contributed by atoms with E-state index in [2.05, 4.69) is 10.0 Å². The highest BCUT2D eigenvalue weighted by Gasteiger charge is 2.25. The van der Waals surface area contributed by atoms with E-state index in [1.54, 1.807) is 6.92 Å². The SMILES string of the molecule is CCNC(=O)c1cc(S(=O)(=O)NC2CCCCCC2)c(C)s1. The first kappa shape index (κ1) is 17.4. The van der Waals surface area contributed by atoms with E-state index in [1.807, 2.05) is 6.92 Å². The van der Waals surface area contributed by atoms with Crippen molar-refractivity contribution in [1.29, 1.82) is 0 Å². The third-order valence-corrected chi connectivity index (χ3v) is 6.73. The van der Waals surface area contributed by atoms with Crippen LogP contribution in [0.2, 0.25) is 0 Å². The van der Waals surface area contributed by atoms with Gasteiger partial charge in [-0.25, -0.2) is 13.1 Å². The number of nitrogens with one attached hydrogen (secondary N) is 2. The van der Waals surface area contributed by atoms with Crippen molar-refractivity contribution in [3.63, 3.8) is 0 Å². The monoisotopic (exact) mass is 344 g/mol. The van der Waals surface area contributed by atoms with Gasteiger partial charge in [-0.3, -0.25) is 4.79 Å². The normalized spacial score (nSPS) is 17.2. The van der Waals surface area contributed by atoms with Crippen molar-refractivity contribution in [2.45, 2.75) is 63.3 Å². The van der Waals surface area contributed by atoms with Crippen molar-refractivity contribution in [2.75, 3.05) is 6.54 Å². The third-order valence-electron chi connectivity index (χ3n) is 3.90. The fourth-order valence-electron chi connectivity index (χ4n) is 2.77. The zero-order valence-corrected chi connectivity index (χ0v) is 14.8. The molecule has 0 saturated heterocycles. The summed E-state index contributed by atoms with van der Waals surface area (Å²) in [5.41, 5.74) is 0. The Hall–Kier alpha value is -0.920. The topological polar surface area (TPSA) is 75.3 Å². The molecule has 0 aliphatic heterocycles. The number of carbonyl (C=O) groups is 1. The van der Waals surface area contributed by atoms with Gasteiger partial charge >= 0.3 is 0 Å². The Bertz CT molecular complexity index is 615. The number of amides is 1. The Morgan fingerprint density at radius 2 is 1.91 bits per heavy atom. The van der Waals surface area contributed by atoms with Gasteiger partial charge in [-0.05, 0) is 32.8 Å². The molecule has 2 rings (SSSR count). The molecule has 0 atom stereocenters. The maximum atomic E-state index is 12.6. The van der Waals surface area contributed by atoms with Gasteiger partial charge < -0.3 is 5.32 Å². The van der Waals surface area contributed by atoms with Crippen LogP contribution in [0.25, 0.3) is 0 Å². The highest BCUT2D eigenvalue weighted by Crippen LogP contribution is 2.27. The molecule has 5 nitrogen and oxygen atoms in total. The Labute approximate surface area is 136 Å². The van der Waals surface area contributed by atoms with Crippen LogP contribution >= 0.6 is 11.3 Å². The minimum atomic E-state index is -3.55. The third kappa shape index (κ3) is 4.30. The Kier molecular flexibility index (Phi) is 6.00.